The molecule has 0 aromatic heterocycles. The first-order valence-corrected chi connectivity index (χ1v) is 10.6. The van der Waals surface area contributed by atoms with Crippen LogP contribution in [0, 0.1) is 0 Å². The highest BCUT2D eigenvalue weighted by molar-refractivity contribution is 6.35. The fourth-order valence-electron chi connectivity index (χ4n) is 3.22. The smallest absolute Gasteiger partial charge is 0.120 e. The molecule has 0 unspecified atom stereocenters. The van der Waals surface area contributed by atoms with Crippen molar-refractivity contribution in [1.82, 2.24) is 5.32 Å². The van der Waals surface area contributed by atoms with Crippen molar-refractivity contribution >= 4 is 23.2 Å². The van der Waals surface area contributed by atoms with E-state index in [9.17, 15) is 0 Å². The molecule has 1 saturated carbocycles. The Morgan fingerprint density at radius 2 is 1.57 bits per heavy atom. The van der Waals surface area contributed by atoms with E-state index in [0.29, 0.717) is 35.9 Å². The minimum atomic E-state index is 0.388. The molecular weight excluding hydrogens is 397 g/mol. The molecule has 0 spiro atoms. The van der Waals surface area contributed by atoms with Crippen LogP contribution in [-0.4, -0.2) is 32.4 Å². The van der Waals surface area contributed by atoms with Gasteiger partial charge in [-0.15, -0.1) is 0 Å². The van der Waals surface area contributed by atoms with E-state index in [0.717, 1.165) is 30.2 Å². The van der Waals surface area contributed by atoms with Crippen LogP contribution >= 0.6 is 23.2 Å². The highest BCUT2D eigenvalue weighted by Crippen LogP contribution is 2.24. The van der Waals surface area contributed by atoms with Gasteiger partial charge in [0.15, 0.2) is 0 Å². The first-order valence-electron chi connectivity index (χ1n) is 9.81. The van der Waals surface area contributed by atoms with Crippen LogP contribution in [0.5, 0.6) is 11.5 Å². The van der Waals surface area contributed by atoms with Gasteiger partial charge in [-0.2, -0.15) is 0 Å². The van der Waals surface area contributed by atoms with Gasteiger partial charge in [-0.25, -0.2) is 0 Å². The van der Waals surface area contributed by atoms with Crippen LogP contribution in [0.3, 0.4) is 0 Å². The zero-order valence-electron chi connectivity index (χ0n) is 16.0. The van der Waals surface area contributed by atoms with Crippen LogP contribution in [0.15, 0.2) is 42.5 Å². The van der Waals surface area contributed by atoms with Crippen molar-refractivity contribution in [2.45, 2.75) is 38.3 Å². The second-order valence-electron chi connectivity index (χ2n) is 6.89. The standard InChI is InChI=1S/C22H27Cl2NO3/c23-18-6-5-17(22(24)15-18)16-28-21-9-7-20(8-10-21)27-14-13-26-12-11-25-19-3-1-2-4-19/h5-10,15,19,25H,1-4,11-14,16H2. The van der Waals surface area contributed by atoms with Crippen LogP contribution in [0.1, 0.15) is 31.2 Å². The minimum Gasteiger partial charge on any atom is -0.491 e. The molecule has 1 aliphatic carbocycles. The van der Waals surface area contributed by atoms with Crippen LogP contribution in [-0.2, 0) is 11.3 Å². The molecule has 1 aliphatic rings. The van der Waals surface area contributed by atoms with Crippen LogP contribution in [0.25, 0.3) is 0 Å². The average molecular weight is 424 g/mol. The predicted molar refractivity (Wildman–Crippen MR) is 114 cm³/mol. The van der Waals surface area contributed by atoms with E-state index in [-0.39, 0.29) is 0 Å². The van der Waals surface area contributed by atoms with Gasteiger partial charge in [0.1, 0.15) is 24.7 Å². The molecule has 28 heavy (non-hydrogen) atoms. The molecule has 0 aliphatic heterocycles. The van der Waals surface area contributed by atoms with E-state index in [2.05, 4.69) is 5.32 Å². The summed E-state index contributed by atoms with van der Waals surface area (Å²) in [6.45, 7) is 3.14. The minimum absolute atomic E-state index is 0.388. The van der Waals surface area contributed by atoms with E-state index in [4.69, 9.17) is 37.4 Å². The van der Waals surface area contributed by atoms with Crippen molar-refractivity contribution in [2.24, 2.45) is 0 Å². The van der Waals surface area contributed by atoms with E-state index in [1.165, 1.54) is 25.7 Å². The normalized spacial score (nSPS) is 14.4. The average Bonchev–Trinajstić information content (AvgIpc) is 3.21. The molecule has 0 atom stereocenters. The quantitative estimate of drug-likeness (QED) is 0.484. The summed E-state index contributed by atoms with van der Waals surface area (Å²) in [7, 11) is 0. The first-order chi connectivity index (χ1) is 13.7. The molecule has 6 heteroatoms. The summed E-state index contributed by atoms with van der Waals surface area (Å²) in [5.74, 6) is 1.55. The molecule has 2 aromatic rings. The number of benzene rings is 2. The lowest BCUT2D eigenvalue weighted by molar-refractivity contribution is 0.100. The summed E-state index contributed by atoms with van der Waals surface area (Å²) >= 11 is 12.1. The maximum atomic E-state index is 6.16. The van der Waals surface area contributed by atoms with Crippen LogP contribution in [0.4, 0.5) is 0 Å². The summed E-state index contributed by atoms with van der Waals surface area (Å²) < 4.78 is 17.1. The Bertz CT molecular complexity index is 718. The Morgan fingerprint density at radius 3 is 2.29 bits per heavy atom. The largest absolute Gasteiger partial charge is 0.491 e. The zero-order chi connectivity index (χ0) is 19.6. The number of hydrogen-bond donors (Lipinski definition) is 1. The SMILES string of the molecule is Clc1ccc(COc2ccc(OCCOCCNC3CCCC3)cc2)c(Cl)c1. The summed E-state index contributed by atoms with van der Waals surface area (Å²) in [5, 5.41) is 4.75. The lowest BCUT2D eigenvalue weighted by Gasteiger charge is -2.12. The number of rotatable bonds is 11. The Morgan fingerprint density at radius 1 is 0.857 bits per heavy atom. The van der Waals surface area contributed by atoms with Gasteiger partial charge in [0.2, 0.25) is 0 Å². The van der Waals surface area contributed by atoms with E-state index < -0.39 is 0 Å². The summed E-state index contributed by atoms with van der Waals surface area (Å²) in [6, 6.07) is 13.6. The van der Waals surface area contributed by atoms with Crippen molar-refractivity contribution in [3.63, 3.8) is 0 Å². The second-order valence-corrected chi connectivity index (χ2v) is 7.74. The molecule has 0 heterocycles. The van der Waals surface area contributed by atoms with Crippen molar-refractivity contribution in [3.05, 3.63) is 58.1 Å². The lowest BCUT2D eigenvalue weighted by Crippen LogP contribution is -2.29. The van der Waals surface area contributed by atoms with Crippen molar-refractivity contribution in [2.75, 3.05) is 26.4 Å². The van der Waals surface area contributed by atoms with Gasteiger partial charge in [0.05, 0.1) is 13.2 Å². The molecule has 0 radical (unpaired) electrons. The van der Waals surface area contributed by atoms with Gasteiger partial charge < -0.3 is 19.5 Å². The molecule has 2 aromatic carbocycles. The van der Waals surface area contributed by atoms with Gasteiger partial charge in [0, 0.05) is 28.2 Å². The molecule has 0 amide bonds. The van der Waals surface area contributed by atoms with Gasteiger partial charge in [0.25, 0.3) is 0 Å². The number of ether oxygens (including phenoxy) is 3. The Hall–Kier alpha value is -1.46. The fourth-order valence-corrected chi connectivity index (χ4v) is 3.68. The third kappa shape index (κ3) is 7.17. The zero-order valence-corrected chi connectivity index (χ0v) is 17.5. The topological polar surface area (TPSA) is 39.7 Å². The van der Waals surface area contributed by atoms with Gasteiger partial charge in [-0.05, 0) is 49.2 Å². The molecule has 1 N–H and O–H groups in total. The molecule has 0 saturated heterocycles. The summed E-state index contributed by atoms with van der Waals surface area (Å²) in [4.78, 5) is 0. The van der Waals surface area contributed by atoms with E-state index in [1.807, 2.05) is 30.3 Å². The highest BCUT2D eigenvalue weighted by atomic mass is 35.5. The molecule has 152 valence electrons. The Kier molecular flexibility index (Phi) is 8.74. The van der Waals surface area contributed by atoms with Crippen molar-refractivity contribution < 1.29 is 14.2 Å². The number of halogens is 2. The summed E-state index contributed by atoms with van der Waals surface area (Å²) in [6.07, 6.45) is 5.31. The van der Waals surface area contributed by atoms with Crippen LogP contribution < -0.4 is 14.8 Å². The van der Waals surface area contributed by atoms with Gasteiger partial charge in [-0.1, -0.05) is 42.1 Å². The van der Waals surface area contributed by atoms with E-state index in [1.54, 1.807) is 12.1 Å². The monoisotopic (exact) mass is 423 g/mol. The van der Waals surface area contributed by atoms with Gasteiger partial charge >= 0.3 is 0 Å². The van der Waals surface area contributed by atoms with Crippen molar-refractivity contribution in [1.29, 1.82) is 0 Å². The molecule has 0 bridgehead atoms. The molecule has 3 rings (SSSR count). The van der Waals surface area contributed by atoms with Gasteiger partial charge in [-0.3, -0.25) is 0 Å². The lowest BCUT2D eigenvalue weighted by atomic mass is 10.2. The van der Waals surface area contributed by atoms with E-state index >= 15 is 0 Å². The highest BCUT2D eigenvalue weighted by Gasteiger charge is 2.13. The Labute approximate surface area is 177 Å². The van der Waals surface area contributed by atoms with Crippen LogP contribution in [0.2, 0.25) is 10.0 Å². The first kappa shape index (κ1) is 21.3. The molecule has 1 fully saturated rings. The molecular formula is C22H27Cl2NO3. The second kappa shape index (κ2) is 11.5. The number of nitrogens with one attached hydrogen (secondary N) is 1. The number of hydrogen-bond acceptors (Lipinski definition) is 4. The third-order valence-corrected chi connectivity index (χ3v) is 5.35. The maximum Gasteiger partial charge on any atom is 0.120 e. The predicted octanol–water partition coefficient (Wildman–Crippen LogP) is 5.50. The Balaban J connectivity index is 1.28. The third-order valence-electron chi connectivity index (χ3n) is 4.76. The summed E-state index contributed by atoms with van der Waals surface area (Å²) in [5.41, 5.74) is 0.894. The maximum absolute atomic E-state index is 6.16. The molecule has 4 nitrogen and oxygen atoms in total. The fraction of sp³-hybridized carbons (Fsp3) is 0.455. The van der Waals surface area contributed by atoms with Crippen molar-refractivity contribution in [3.8, 4) is 11.5 Å².